The van der Waals surface area contributed by atoms with Gasteiger partial charge in [-0.2, -0.15) is 0 Å². The number of hydrogen-bond donors (Lipinski definition) is 2. The number of benzene rings is 1. The summed E-state index contributed by atoms with van der Waals surface area (Å²) in [6.07, 6.45) is 4.50. The van der Waals surface area contributed by atoms with E-state index in [1.54, 1.807) is 6.07 Å². The smallest absolute Gasteiger partial charge is 0.261 e. The Bertz CT molecular complexity index is 800. The molecule has 1 aromatic carbocycles. The second kappa shape index (κ2) is 6.70. The Morgan fingerprint density at radius 2 is 2.17 bits per heavy atom. The highest BCUT2D eigenvalue weighted by Crippen LogP contribution is 2.25. The van der Waals surface area contributed by atoms with Gasteiger partial charge in [0.15, 0.2) is 5.12 Å². The molecule has 1 aliphatic carbocycles. The molecule has 0 radical (unpaired) electrons. The van der Waals surface area contributed by atoms with Crippen molar-refractivity contribution in [1.82, 2.24) is 9.97 Å². The lowest BCUT2D eigenvalue weighted by Crippen LogP contribution is -2.16. The van der Waals surface area contributed by atoms with E-state index in [9.17, 15) is 14.0 Å². The van der Waals surface area contributed by atoms with E-state index >= 15 is 0 Å². The molecule has 0 amide bonds. The molecule has 5 nitrogen and oxygen atoms in total. The molecular formula is C16H18FN3O2S. The van der Waals surface area contributed by atoms with Crippen LogP contribution in [0.4, 0.5) is 10.1 Å². The largest absolute Gasteiger partial charge is 0.382 e. The monoisotopic (exact) mass is 335 g/mol. The number of thioether (sulfide) groups is 1. The van der Waals surface area contributed by atoms with Crippen molar-refractivity contribution in [3.8, 4) is 0 Å². The van der Waals surface area contributed by atoms with Crippen molar-refractivity contribution in [2.75, 3.05) is 5.32 Å². The lowest BCUT2D eigenvalue weighted by molar-refractivity contribution is -0.109. The van der Waals surface area contributed by atoms with E-state index in [2.05, 4.69) is 15.3 Å². The molecule has 122 valence electrons. The van der Waals surface area contributed by atoms with Crippen molar-refractivity contribution in [1.29, 1.82) is 0 Å². The van der Waals surface area contributed by atoms with Crippen LogP contribution in [0.2, 0.25) is 0 Å². The minimum absolute atomic E-state index is 0.0430. The first-order chi connectivity index (χ1) is 11.0. The molecule has 1 aliphatic rings. The quantitative estimate of drug-likeness (QED) is 0.897. The molecular weight excluding hydrogens is 317 g/mol. The fraction of sp³-hybridized carbons (Fsp3) is 0.438. The minimum Gasteiger partial charge on any atom is -0.382 e. The summed E-state index contributed by atoms with van der Waals surface area (Å²) in [5, 5.41) is 3.21. The maximum atomic E-state index is 14.3. The number of hydrogen-bond acceptors (Lipinski definition) is 5. The molecule has 2 N–H and O–H groups in total. The van der Waals surface area contributed by atoms with Crippen LogP contribution in [0.5, 0.6) is 0 Å². The molecule has 1 aromatic heterocycles. The van der Waals surface area contributed by atoms with Crippen molar-refractivity contribution < 1.29 is 9.18 Å². The lowest BCUT2D eigenvalue weighted by Gasteiger charge is -2.14. The van der Waals surface area contributed by atoms with Crippen molar-refractivity contribution in [2.24, 2.45) is 0 Å². The summed E-state index contributed by atoms with van der Waals surface area (Å²) in [5.41, 5.74) is 0.442. The first kappa shape index (κ1) is 16.0. The Kier molecular flexibility index (Phi) is 4.66. The molecule has 0 saturated heterocycles. The van der Waals surface area contributed by atoms with Crippen LogP contribution < -0.4 is 10.9 Å². The number of fused-ring (bicyclic) bond motifs is 1. The zero-order valence-corrected chi connectivity index (χ0v) is 13.6. The maximum Gasteiger partial charge on any atom is 0.261 e. The lowest BCUT2D eigenvalue weighted by atomic mass is 10.2. The molecule has 3 rings (SSSR count). The summed E-state index contributed by atoms with van der Waals surface area (Å²) in [7, 11) is 0. The maximum absolute atomic E-state index is 14.3. The Labute approximate surface area is 137 Å². The number of carbonyl (C=O) groups is 1. The number of halogens is 1. The Hall–Kier alpha value is -1.89. The van der Waals surface area contributed by atoms with Gasteiger partial charge in [-0.05, 0) is 25.0 Å². The van der Waals surface area contributed by atoms with Gasteiger partial charge in [0.05, 0.1) is 11.3 Å². The van der Waals surface area contributed by atoms with Gasteiger partial charge < -0.3 is 10.3 Å². The SMILES string of the molecule is CC(=O)SCc1nc2cc(NC3CCCC3)cc(F)c2c(=O)[nH]1. The van der Waals surface area contributed by atoms with Gasteiger partial charge in [0, 0.05) is 18.7 Å². The van der Waals surface area contributed by atoms with Crippen molar-refractivity contribution in [3.63, 3.8) is 0 Å². The summed E-state index contributed by atoms with van der Waals surface area (Å²) in [6, 6.07) is 3.40. The zero-order chi connectivity index (χ0) is 16.4. The number of nitrogens with one attached hydrogen (secondary N) is 2. The number of nitrogens with zero attached hydrogens (tertiary/aromatic N) is 1. The standard InChI is InChI=1S/C16H18FN3O2S/c1-9(21)23-8-14-19-13-7-11(18-10-4-2-3-5-10)6-12(17)15(13)16(22)20-14/h6-7,10,18H,2-5,8H2,1H3,(H,19,20,22). The number of aromatic amines is 1. The van der Waals surface area contributed by atoms with Crippen LogP contribution in [0.25, 0.3) is 10.9 Å². The number of aromatic nitrogens is 2. The molecule has 0 unspecified atom stereocenters. The third-order valence-corrected chi connectivity index (χ3v) is 4.77. The van der Waals surface area contributed by atoms with Crippen LogP contribution in [0, 0.1) is 5.82 Å². The number of anilines is 1. The average molecular weight is 335 g/mol. The van der Waals surface area contributed by atoms with Crippen LogP contribution >= 0.6 is 11.8 Å². The predicted octanol–water partition coefficient (Wildman–Crippen LogP) is 3.20. The van der Waals surface area contributed by atoms with Gasteiger partial charge in [0.25, 0.3) is 5.56 Å². The van der Waals surface area contributed by atoms with E-state index in [0.717, 1.165) is 24.6 Å². The second-order valence-electron chi connectivity index (χ2n) is 5.77. The van der Waals surface area contributed by atoms with Gasteiger partial charge in [-0.25, -0.2) is 9.37 Å². The molecule has 7 heteroatoms. The van der Waals surface area contributed by atoms with Gasteiger partial charge in [0.2, 0.25) is 0 Å². The van der Waals surface area contributed by atoms with Crippen molar-refractivity contribution in [3.05, 3.63) is 34.1 Å². The fourth-order valence-electron chi connectivity index (χ4n) is 2.90. The molecule has 1 heterocycles. The summed E-state index contributed by atoms with van der Waals surface area (Å²) < 4.78 is 14.3. The van der Waals surface area contributed by atoms with E-state index in [-0.39, 0.29) is 16.3 Å². The first-order valence-electron chi connectivity index (χ1n) is 7.65. The molecule has 0 aliphatic heterocycles. The molecule has 0 spiro atoms. The topological polar surface area (TPSA) is 74.8 Å². The van der Waals surface area contributed by atoms with E-state index in [1.807, 2.05) is 0 Å². The highest BCUT2D eigenvalue weighted by molar-refractivity contribution is 8.12. The molecule has 0 atom stereocenters. The van der Waals surface area contributed by atoms with Gasteiger partial charge in [-0.15, -0.1) is 0 Å². The van der Waals surface area contributed by atoms with Crippen LogP contribution in [0.1, 0.15) is 38.4 Å². The van der Waals surface area contributed by atoms with Crippen LogP contribution in [-0.2, 0) is 10.5 Å². The molecule has 2 aromatic rings. The van der Waals surface area contributed by atoms with Gasteiger partial charge >= 0.3 is 0 Å². The third kappa shape index (κ3) is 3.72. The number of rotatable bonds is 4. The molecule has 23 heavy (non-hydrogen) atoms. The van der Waals surface area contributed by atoms with E-state index < -0.39 is 11.4 Å². The van der Waals surface area contributed by atoms with Crippen molar-refractivity contribution in [2.45, 2.75) is 44.4 Å². The second-order valence-corrected chi connectivity index (χ2v) is 6.92. The highest BCUT2D eigenvalue weighted by Gasteiger charge is 2.17. The predicted molar refractivity (Wildman–Crippen MR) is 90.2 cm³/mol. The zero-order valence-electron chi connectivity index (χ0n) is 12.8. The summed E-state index contributed by atoms with van der Waals surface area (Å²) in [5.74, 6) is 0.0604. The van der Waals surface area contributed by atoms with Gasteiger partial charge in [-0.1, -0.05) is 24.6 Å². The van der Waals surface area contributed by atoms with Gasteiger partial charge in [0.1, 0.15) is 17.0 Å². The number of carbonyl (C=O) groups excluding carboxylic acids is 1. The Morgan fingerprint density at radius 3 is 2.87 bits per heavy atom. The Morgan fingerprint density at radius 1 is 1.43 bits per heavy atom. The highest BCUT2D eigenvalue weighted by atomic mass is 32.2. The normalized spacial score (nSPS) is 15.2. The average Bonchev–Trinajstić information content (AvgIpc) is 2.97. The minimum atomic E-state index is -0.581. The van der Waals surface area contributed by atoms with Gasteiger partial charge in [-0.3, -0.25) is 9.59 Å². The molecule has 0 bridgehead atoms. The van der Waals surface area contributed by atoms with Crippen molar-refractivity contribution >= 4 is 33.5 Å². The molecule has 1 fully saturated rings. The first-order valence-corrected chi connectivity index (χ1v) is 8.64. The fourth-order valence-corrected chi connectivity index (χ4v) is 3.38. The Balaban J connectivity index is 1.95. The van der Waals surface area contributed by atoms with E-state index in [1.165, 1.54) is 25.8 Å². The van der Waals surface area contributed by atoms with E-state index in [0.29, 0.717) is 23.1 Å². The summed E-state index contributed by atoms with van der Waals surface area (Å²) >= 11 is 1.06. The van der Waals surface area contributed by atoms with Crippen LogP contribution in [0.15, 0.2) is 16.9 Å². The molecule has 1 saturated carbocycles. The number of H-pyrrole nitrogens is 1. The van der Waals surface area contributed by atoms with Crippen LogP contribution in [0.3, 0.4) is 0 Å². The van der Waals surface area contributed by atoms with Crippen LogP contribution in [-0.4, -0.2) is 21.1 Å². The summed E-state index contributed by atoms with van der Waals surface area (Å²) in [6.45, 7) is 1.45. The summed E-state index contributed by atoms with van der Waals surface area (Å²) in [4.78, 5) is 29.9. The van der Waals surface area contributed by atoms with E-state index in [4.69, 9.17) is 0 Å². The third-order valence-electron chi connectivity index (χ3n) is 3.95.